The predicted molar refractivity (Wildman–Crippen MR) is 90.6 cm³/mol. The second-order valence-electron chi connectivity index (χ2n) is 7.44. The molecule has 0 aromatic carbocycles. The molecular formula is C17H34N2O4. The standard InChI is InChI=1S/C17H34N2O4/c1-8-22-14-9-12(15(14)21-7)18-10-13(11(2)3)19-16(20)23-17(4,5)6/h11-15,18H,8-10H2,1-7H3,(H,19,20). The Hall–Kier alpha value is -0.850. The molecule has 0 bridgehead atoms. The molecule has 1 fully saturated rings. The third kappa shape index (κ3) is 6.65. The molecule has 0 saturated heterocycles. The number of hydrogen-bond acceptors (Lipinski definition) is 5. The molecule has 6 nitrogen and oxygen atoms in total. The van der Waals surface area contributed by atoms with Crippen LogP contribution in [-0.2, 0) is 14.2 Å². The van der Waals surface area contributed by atoms with E-state index in [0.29, 0.717) is 19.1 Å². The van der Waals surface area contributed by atoms with Crippen LogP contribution in [0.25, 0.3) is 0 Å². The Bertz CT molecular complexity index is 368. The fourth-order valence-electron chi connectivity index (χ4n) is 2.66. The zero-order chi connectivity index (χ0) is 17.6. The van der Waals surface area contributed by atoms with Crippen molar-refractivity contribution in [2.75, 3.05) is 20.3 Å². The van der Waals surface area contributed by atoms with Gasteiger partial charge in [-0.15, -0.1) is 0 Å². The summed E-state index contributed by atoms with van der Waals surface area (Å²) in [6.07, 6.45) is 0.800. The van der Waals surface area contributed by atoms with E-state index in [1.807, 2.05) is 27.7 Å². The first kappa shape index (κ1) is 20.2. The lowest BCUT2D eigenvalue weighted by Crippen LogP contribution is -2.62. The molecule has 1 amide bonds. The fraction of sp³-hybridized carbons (Fsp3) is 0.941. The summed E-state index contributed by atoms with van der Waals surface area (Å²) in [7, 11) is 1.71. The summed E-state index contributed by atoms with van der Waals surface area (Å²) in [5.74, 6) is 0.304. The Morgan fingerprint density at radius 2 is 1.96 bits per heavy atom. The number of ether oxygens (including phenoxy) is 3. The molecule has 23 heavy (non-hydrogen) atoms. The molecule has 6 heteroatoms. The van der Waals surface area contributed by atoms with Crippen LogP contribution in [0.2, 0.25) is 0 Å². The second-order valence-corrected chi connectivity index (χ2v) is 7.44. The van der Waals surface area contributed by atoms with Crippen LogP contribution in [0.15, 0.2) is 0 Å². The van der Waals surface area contributed by atoms with Crippen molar-refractivity contribution in [2.24, 2.45) is 5.92 Å². The maximum Gasteiger partial charge on any atom is 0.407 e. The van der Waals surface area contributed by atoms with Crippen LogP contribution in [0, 0.1) is 5.92 Å². The average Bonchev–Trinajstić information content (AvgIpc) is 2.38. The summed E-state index contributed by atoms with van der Waals surface area (Å²) in [5.41, 5.74) is -0.487. The Morgan fingerprint density at radius 1 is 1.30 bits per heavy atom. The van der Waals surface area contributed by atoms with E-state index in [0.717, 1.165) is 6.42 Å². The maximum absolute atomic E-state index is 12.0. The Balaban J connectivity index is 2.44. The van der Waals surface area contributed by atoms with E-state index in [1.165, 1.54) is 0 Å². The fourth-order valence-corrected chi connectivity index (χ4v) is 2.66. The van der Waals surface area contributed by atoms with Gasteiger partial charge in [-0.05, 0) is 40.0 Å². The van der Waals surface area contributed by atoms with Gasteiger partial charge in [0.2, 0.25) is 0 Å². The van der Waals surface area contributed by atoms with Crippen molar-refractivity contribution >= 4 is 6.09 Å². The SMILES string of the molecule is CCOC1CC(NCC(NC(=O)OC(C)(C)C)C(C)C)C1OC. The zero-order valence-electron chi connectivity index (χ0n) is 15.6. The van der Waals surface area contributed by atoms with Crippen molar-refractivity contribution in [3.05, 3.63) is 0 Å². The van der Waals surface area contributed by atoms with E-state index in [9.17, 15) is 4.79 Å². The van der Waals surface area contributed by atoms with E-state index < -0.39 is 5.60 Å². The molecule has 2 N–H and O–H groups in total. The molecule has 1 aliphatic rings. The van der Waals surface area contributed by atoms with Gasteiger partial charge in [0, 0.05) is 32.3 Å². The van der Waals surface area contributed by atoms with E-state index in [4.69, 9.17) is 14.2 Å². The molecule has 0 radical (unpaired) electrons. The lowest BCUT2D eigenvalue weighted by atomic mass is 9.84. The topological polar surface area (TPSA) is 68.8 Å². The highest BCUT2D eigenvalue weighted by atomic mass is 16.6. The summed E-state index contributed by atoms with van der Waals surface area (Å²) < 4.78 is 16.5. The quantitative estimate of drug-likeness (QED) is 0.715. The van der Waals surface area contributed by atoms with Crippen molar-refractivity contribution < 1.29 is 19.0 Å². The Labute approximate surface area is 140 Å². The third-order valence-electron chi connectivity index (χ3n) is 4.01. The average molecular weight is 330 g/mol. The zero-order valence-corrected chi connectivity index (χ0v) is 15.6. The summed E-state index contributed by atoms with van der Waals surface area (Å²) in [6.45, 7) is 13.1. The van der Waals surface area contributed by atoms with Crippen LogP contribution in [-0.4, -0.2) is 56.2 Å². The molecule has 0 aromatic heterocycles. The summed E-state index contributed by atoms with van der Waals surface area (Å²) in [6, 6.07) is 0.270. The number of methoxy groups -OCH3 is 1. The van der Waals surface area contributed by atoms with Gasteiger partial charge in [-0.3, -0.25) is 0 Å². The summed E-state index contributed by atoms with van der Waals surface area (Å²) in [5, 5.41) is 6.43. The van der Waals surface area contributed by atoms with Crippen molar-refractivity contribution in [1.29, 1.82) is 0 Å². The molecule has 0 aromatic rings. The highest BCUT2D eigenvalue weighted by Crippen LogP contribution is 2.27. The van der Waals surface area contributed by atoms with Crippen molar-refractivity contribution in [3.63, 3.8) is 0 Å². The minimum absolute atomic E-state index is 0.00787. The lowest BCUT2D eigenvalue weighted by molar-refractivity contribution is -0.131. The normalized spacial score (nSPS) is 25.8. The molecule has 0 heterocycles. The molecule has 4 unspecified atom stereocenters. The molecule has 1 rings (SSSR count). The number of nitrogens with one attached hydrogen (secondary N) is 2. The van der Waals surface area contributed by atoms with Crippen molar-refractivity contribution in [3.8, 4) is 0 Å². The lowest BCUT2D eigenvalue weighted by Gasteiger charge is -2.44. The van der Waals surface area contributed by atoms with Gasteiger partial charge >= 0.3 is 6.09 Å². The van der Waals surface area contributed by atoms with Crippen LogP contribution < -0.4 is 10.6 Å². The Morgan fingerprint density at radius 3 is 2.43 bits per heavy atom. The molecule has 1 saturated carbocycles. The molecule has 1 aliphatic carbocycles. The molecule has 4 atom stereocenters. The van der Waals surface area contributed by atoms with Crippen LogP contribution in [0.3, 0.4) is 0 Å². The van der Waals surface area contributed by atoms with Crippen molar-refractivity contribution in [1.82, 2.24) is 10.6 Å². The van der Waals surface area contributed by atoms with Gasteiger partial charge in [-0.2, -0.15) is 0 Å². The summed E-state index contributed by atoms with van der Waals surface area (Å²) >= 11 is 0. The second kappa shape index (κ2) is 8.85. The molecule has 0 aliphatic heterocycles. The number of hydrogen-bond donors (Lipinski definition) is 2. The van der Waals surface area contributed by atoms with Gasteiger partial charge in [0.25, 0.3) is 0 Å². The molecular weight excluding hydrogens is 296 g/mol. The van der Waals surface area contributed by atoms with Gasteiger partial charge in [-0.25, -0.2) is 4.79 Å². The van der Waals surface area contributed by atoms with E-state index in [-0.39, 0.29) is 30.4 Å². The number of alkyl carbamates (subject to hydrolysis) is 1. The monoisotopic (exact) mass is 330 g/mol. The number of carbonyl (C=O) groups excluding carboxylic acids is 1. The van der Waals surface area contributed by atoms with Crippen molar-refractivity contribution in [2.45, 2.75) is 77.9 Å². The smallest absolute Gasteiger partial charge is 0.407 e. The maximum atomic E-state index is 12.0. The number of amides is 1. The van der Waals surface area contributed by atoms with E-state index >= 15 is 0 Å². The third-order valence-corrected chi connectivity index (χ3v) is 4.01. The minimum atomic E-state index is -0.487. The first-order chi connectivity index (χ1) is 10.7. The van der Waals surface area contributed by atoms with Crippen LogP contribution in [0.1, 0.15) is 48.0 Å². The minimum Gasteiger partial charge on any atom is -0.444 e. The highest BCUT2D eigenvalue weighted by Gasteiger charge is 2.42. The molecule has 0 spiro atoms. The first-order valence-electron chi connectivity index (χ1n) is 8.55. The van der Waals surface area contributed by atoms with Gasteiger partial charge in [-0.1, -0.05) is 13.8 Å². The van der Waals surface area contributed by atoms with E-state index in [1.54, 1.807) is 7.11 Å². The first-order valence-corrected chi connectivity index (χ1v) is 8.55. The van der Waals surface area contributed by atoms with Crippen LogP contribution in [0.5, 0.6) is 0 Å². The molecule has 136 valence electrons. The predicted octanol–water partition coefficient (Wildman–Crippen LogP) is 2.32. The number of carbonyl (C=O) groups is 1. The van der Waals surface area contributed by atoms with Crippen LogP contribution >= 0.6 is 0 Å². The van der Waals surface area contributed by atoms with Gasteiger partial charge in [0.05, 0.1) is 12.2 Å². The van der Waals surface area contributed by atoms with Crippen LogP contribution in [0.4, 0.5) is 4.79 Å². The van der Waals surface area contributed by atoms with Gasteiger partial charge < -0.3 is 24.8 Å². The van der Waals surface area contributed by atoms with Gasteiger partial charge in [0.1, 0.15) is 5.60 Å². The summed E-state index contributed by atoms with van der Waals surface area (Å²) in [4.78, 5) is 12.0. The largest absolute Gasteiger partial charge is 0.444 e. The number of rotatable bonds is 8. The van der Waals surface area contributed by atoms with E-state index in [2.05, 4.69) is 24.5 Å². The van der Waals surface area contributed by atoms with Gasteiger partial charge in [0.15, 0.2) is 0 Å². The Kier molecular flexibility index (Phi) is 7.77. The highest BCUT2D eigenvalue weighted by molar-refractivity contribution is 5.68.